The van der Waals surface area contributed by atoms with Gasteiger partial charge in [-0.2, -0.15) is 0 Å². The van der Waals surface area contributed by atoms with E-state index >= 15 is 0 Å². The van der Waals surface area contributed by atoms with Gasteiger partial charge in [0.15, 0.2) is 20.0 Å². The number of phosphoric ester groups is 1. The molecule has 224 valence electrons. The average molecular weight is 683 g/mol. The zero-order valence-corrected chi connectivity index (χ0v) is 29.7. The zero-order valence-electron chi connectivity index (χ0n) is 23.3. The molecule has 0 aromatic heterocycles. The molecule has 2 aromatic carbocycles. The molecule has 3 aliphatic rings. The topological polar surface area (TPSA) is 158 Å². The van der Waals surface area contributed by atoms with Gasteiger partial charge in [-0.25, -0.2) is 8.78 Å². The second-order valence-electron chi connectivity index (χ2n) is 9.82. The van der Waals surface area contributed by atoms with Crippen molar-refractivity contribution in [3.8, 4) is 11.5 Å². The molecule has 43 heavy (non-hydrogen) atoms. The molecule has 0 saturated heterocycles. The van der Waals surface area contributed by atoms with Gasteiger partial charge in [-0.15, -0.1) is 0 Å². The molecule has 2 amide bonds. The Balaban J connectivity index is 0.00000323. The normalized spacial score (nSPS) is 22.5. The molecule has 18 heteroatoms. The quantitative estimate of drug-likeness (QED) is 0.132. The van der Waals surface area contributed by atoms with Crippen molar-refractivity contribution < 1.29 is 111 Å². The fourth-order valence-electron chi connectivity index (χ4n) is 5.10. The summed E-state index contributed by atoms with van der Waals surface area (Å²) in [5.41, 5.74) is -1.78. The summed E-state index contributed by atoms with van der Waals surface area (Å²) in [6.07, 6.45) is 0.744. The maximum Gasteiger partial charge on any atom is 1.00 e. The number of nitrogens with one attached hydrogen (secondary N) is 2. The van der Waals surface area contributed by atoms with Crippen molar-refractivity contribution in [1.82, 2.24) is 10.6 Å². The van der Waals surface area contributed by atoms with E-state index in [0.29, 0.717) is 25.7 Å². The molecule has 11 nitrogen and oxygen atoms in total. The SMILES string of the molecule is O=C(COc1ccc(Cl)c(F)c1)NC12CCC(NC(=O)COc3ccc(Cl)c(F)c3)(CC1)[C@@H](OCOP(=O)([O-])[O-])C2.[Na+].[Na+]. The van der Waals surface area contributed by atoms with Crippen LogP contribution < -0.4 is 89.0 Å². The molecule has 5 rings (SSSR count). The van der Waals surface area contributed by atoms with Crippen molar-refractivity contribution in [3.05, 3.63) is 58.1 Å². The van der Waals surface area contributed by atoms with Crippen LogP contribution in [0.1, 0.15) is 32.1 Å². The summed E-state index contributed by atoms with van der Waals surface area (Å²) in [7, 11) is -5.33. The minimum absolute atomic E-state index is 0. The smallest absolute Gasteiger partial charge is 0.790 e. The number of halogens is 4. The van der Waals surface area contributed by atoms with Gasteiger partial charge >= 0.3 is 59.1 Å². The van der Waals surface area contributed by atoms with E-state index in [1.165, 1.54) is 24.3 Å². The van der Waals surface area contributed by atoms with Crippen LogP contribution in [0.2, 0.25) is 10.0 Å². The summed E-state index contributed by atoms with van der Waals surface area (Å²) in [5, 5.41) is 5.59. The molecule has 0 spiro atoms. The molecule has 1 atom stereocenters. The van der Waals surface area contributed by atoms with E-state index in [2.05, 4.69) is 15.2 Å². The molecule has 0 radical (unpaired) electrons. The summed E-state index contributed by atoms with van der Waals surface area (Å²) in [6, 6.07) is 7.48. The summed E-state index contributed by atoms with van der Waals surface area (Å²) in [6.45, 7) is -1.77. The van der Waals surface area contributed by atoms with Gasteiger partial charge in [-0.1, -0.05) is 23.2 Å². The van der Waals surface area contributed by atoms with Crippen molar-refractivity contribution in [3.63, 3.8) is 0 Å². The number of amides is 2. The summed E-state index contributed by atoms with van der Waals surface area (Å²) in [4.78, 5) is 47.4. The first-order valence-corrected chi connectivity index (χ1v) is 14.6. The minimum Gasteiger partial charge on any atom is -0.790 e. The van der Waals surface area contributed by atoms with Crippen molar-refractivity contribution in [1.29, 1.82) is 0 Å². The first-order valence-electron chi connectivity index (χ1n) is 12.3. The van der Waals surface area contributed by atoms with Crippen LogP contribution in [0.5, 0.6) is 11.5 Å². The molecular formula is C25H25Cl2F2N2Na2O9P. The molecule has 0 unspecified atom stereocenters. The third-order valence-electron chi connectivity index (χ3n) is 7.09. The Labute approximate surface area is 300 Å². The van der Waals surface area contributed by atoms with E-state index in [-0.39, 0.29) is 87.1 Å². The first-order chi connectivity index (χ1) is 19.3. The van der Waals surface area contributed by atoms with Gasteiger partial charge in [0, 0.05) is 17.7 Å². The fourth-order valence-corrected chi connectivity index (χ4v) is 5.53. The van der Waals surface area contributed by atoms with E-state index in [9.17, 15) is 32.7 Å². The Bertz CT molecular complexity index is 1350. The first kappa shape index (κ1) is 38.7. The van der Waals surface area contributed by atoms with Crippen LogP contribution in [0.25, 0.3) is 0 Å². The van der Waals surface area contributed by atoms with Crippen molar-refractivity contribution in [2.24, 2.45) is 0 Å². The molecule has 3 saturated carbocycles. The van der Waals surface area contributed by atoms with E-state index in [1.54, 1.807) is 0 Å². The molecule has 3 fully saturated rings. The van der Waals surface area contributed by atoms with Gasteiger partial charge in [-0.3, -0.25) is 9.59 Å². The standard InChI is InChI=1S/C25H27Cl2F2N2O9P.2Na/c26-17-3-1-15(9-19(17)28)37-12-22(32)30-24-5-7-25(8-6-24,21(11-24)39-14-40-41(34,35)36)31-23(33)13-38-16-2-4-18(27)20(29)10-16;;/h1-4,9-10,21H,5-8,11-14H2,(H,30,32)(H,31,33)(H2,34,35,36);;/q;2*+1/p-2/t21-,24?,25?;;/m0../s1. The fraction of sp³-hybridized carbons (Fsp3) is 0.440. The number of phosphoric acid groups is 1. The maximum absolute atomic E-state index is 13.7. The van der Waals surface area contributed by atoms with Crippen LogP contribution in [0.15, 0.2) is 36.4 Å². The molecule has 2 N–H and O–H groups in total. The van der Waals surface area contributed by atoms with Crippen molar-refractivity contribution in [2.45, 2.75) is 49.3 Å². The minimum atomic E-state index is -5.33. The molecular weight excluding hydrogens is 658 g/mol. The van der Waals surface area contributed by atoms with Gasteiger partial charge < -0.3 is 43.7 Å². The Morgan fingerprint density at radius 1 is 0.884 bits per heavy atom. The van der Waals surface area contributed by atoms with Crippen LogP contribution in [0, 0.1) is 11.6 Å². The van der Waals surface area contributed by atoms with Gasteiger partial charge in [0.2, 0.25) is 0 Å². The van der Waals surface area contributed by atoms with Gasteiger partial charge in [-0.05, 0) is 56.4 Å². The number of hydrogen-bond acceptors (Lipinski definition) is 9. The molecule has 0 aliphatic heterocycles. The van der Waals surface area contributed by atoms with E-state index < -0.39 is 68.5 Å². The van der Waals surface area contributed by atoms with Crippen LogP contribution in [-0.2, 0) is 23.4 Å². The van der Waals surface area contributed by atoms with E-state index in [0.717, 1.165) is 12.1 Å². The monoisotopic (exact) mass is 682 g/mol. The van der Waals surface area contributed by atoms with Crippen LogP contribution in [-0.4, -0.2) is 49.0 Å². The second-order valence-corrected chi connectivity index (χ2v) is 11.8. The predicted octanol–water partition coefficient (Wildman–Crippen LogP) is -3.39. The Kier molecular flexibility index (Phi) is 14.7. The number of carbonyl (C=O) groups is 2. The Morgan fingerprint density at radius 3 is 1.84 bits per heavy atom. The number of rotatable bonds is 12. The van der Waals surface area contributed by atoms with E-state index in [4.69, 9.17) is 37.4 Å². The number of carbonyl (C=O) groups excluding carboxylic acids is 2. The molecule has 2 aromatic rings. The Morgan fingerprint density at radius 2 is 1.37 bits per heavy atom. The van der Waals surface area contributed by atoms with Crippen LogP contribution in [0.4, 0.5) is 8.78 Å². The van der Waals surface area contributed by atoms with Crippen LogP contribution >= 0.6 is 31.0 Å². The third-order valence-corrected chi connectivity index (χ3v) is 8.12. The molecule has 0 heterocycles. The number of benzene rings is 2. The number of hydrogen-bond donors (Lipinski definition) is 2. The maximum atomic E-state index is 13.7. The largest absolute Gasteiger partial charge is 1.00 e. The second kappa shape index (κ2) is 16.4. The summed E-state index contributed by atoms with van der Waals surface area (Å²) < 4.78 is 58.8. The molecule has 3 aliphatic carbocycles. The predicted molar refractivity (Wildman–Crippen MR) is 137 cm³/mol. The Hall–Kier alpha value is -0.510. The summed E-state index contributed by atoms with van der Waals surface area (Å²) >= 11 is 11.3. The van der Waals surface area contributed by atoms with E-state index in [1.807, 2.05) is 0 Å². The van der Waals surface area contributed by atoms with Gasteiger partial charge in [0.1, 0.15) is 23.1 Å². The number of ether oxygens (including phenoxy) is 3. The van der Waals surface area contributed by atoms with Gasteiger partial charge in [0.05, 0.1) is 29.5 Å². The van der Waals surface area contributed by atoms with Crippen molar-refractivity contribution in [2.75, 3.05) is 20.0 Å². The van der Waals surface area contributed by atoms with Crippen molar-refractivity contribution >= 4 is 42.8 Å². The average Bonchev–Trinajstić information content (AvgIpc) is 2.90. The third kappa shape index (κ3) is 10.8. The number of fused-ring (bicyclic) bond motifs is 3. The zero-order chi connectivity index (χ0) is 29.8. The molecule has 2 bridgehead atoms. The summed E-state index contributed by atoms with van der Waals surface area (Å²) in [5.74, 6) is -2.28. The van der Waals surface area contributed by atoms with Gasteiger partial charge in [0.25, 0.3) is 11.8 Å². The van der Waals surface area contributed by atoms with Crippen LogP contribution in [0.3, 0.4) is 0 Å².